The van der Waals surface area contributed by atoms with E-state index in [-0.39, 0.29) is 17.2 Å². The van der Waals surface area contributed by atoms with Crippen molar-refractivity contribution in [2.45, 2.75) is 0 Å². The van der Waals surface area contributed by atoms with Crippen LogP contribution in [0.25, 0.3) is 0 Å². The van der Waals surface area contributed by atoms with E-state index < -0.39 is 5.97 Å². The molecule has 0 unspecified atom stereocenters. The van der Waals surface area contributed by atoms with E-state index >= 15 is 0 Å². The zero-order valence-electron chi connectivity index (χ0n) is 7.45. The number of thiophene rings is 1. The van der Waals surface area contributed by atoms with Gasteiger partial charge in [-0.3, -0.25) is 0 Å². The number of carbonyl (C=O) groups is 1. The molecule has 0 saturated heterocycles. The van der Waals surface area contributed by atoms with Crippen LogP contribution in [0.1, 0.15) is 9.67 Å². The summed E-state index contributed by atoms with van der Waals surface area (Å²) in [6.07, 6.45) is 0. The molecule has 0 fully saturated rings. The summed E-state index contributed by atoms with van der Waals surface area (Å²) >= 11 is 6.79. The average molecular weight is 237 g/mol. The maximum absolute atomic E-state index is 10.7. The highest BCUT2D eigenvalue weighted by molar-refractivity contribution is 7.13. The largest absolute Gasteiger partial charge is 0.488 e. The predicted molar refractivity (Wildman–Crippen MR) is 53.7 cm³/mol. The van der Waals surface area contributed by atoms with Crippen molar-refractivity contribution >= 4 is 28.9 Å². The molecular weight excluding hydrogens is 228 g/mol. The van der Waals surface area contributed by atoms with E-state index in [0.29, 0.717) is 11.6 Å². The molecule has 0 radical (unpaired) electrons. The second-order valence-corrected chi connectivity index (χ2v) is 3.68. The van der Waals surface area contributed by atoms with Gasteiger partial charge in [-0.15, -0.1) is 11.3 Å². The number of hydrogen-bond donors (Lipinski definition) is 1. The molecule has 0 atom stereocenters. The number of aromatic carboxylic acids is 1. The molecule has 4 nitrogen and oxygen atoms in total. The van der Waals surface area contributed by atoms with Gasteiger partial charge in [-0.2, -0.15) is 0 Å². The van der Waals surface area contributed by atoms with E-state index in [0.717, 1.165) is 11.3 Å². The van der Waals surface area contributed by atoms with Crippen molar-refractivity contribution < 1.29 is 19.4 Å². The minimum atomic E-state index is -1.03. The first-order valence-electron chi connectivity index (χ1n) is 3.78. The Kier molecular flexibility index (Phi) is 4.19. The Morgan fingerprint density at radius 3 is 2.93 bits per heavy atom. The minimum Gasteiger partial charge on any atom is -0.488 e. The van der Waals surface area contributed by atoms with Crippen molar-refractivity contribution in [3.05, 3.63) is 15.3 Å². The first kappa shape index (κ1) is 11.3. The van der Waals surface area contributed by atoms with Gasteiger partial charge in [0.2, 0.25) is 0 Å². The summed E-state index contributed by atoms with van der Waals surface area (Å²) in [4.78, 5) is 10.8. The van der Waals surface area contributed by atoms with Crippen LogP contribution in [0.3, 0.4) is 0 Å². The molecule has 1 N–H and O–H groups in total. The van der Waals surface area contributed by atoms with E-state index in [9.17, 15) is 4.79 Å². The molecule has 0 bridgehead atoms. The number of hydrogen-bond acceptors (Lipinski definition) is 4. The smallest absolute Gasteiger partial charge is 0.349 e. The molecule has 78 valence electrons. The van der Waals surface area contributed by atoms with Crippen LogP contribution in [-0.4, -0.2) is 31.4 Å². The molecule has 1 rings (SSSR count). The van der Waals surface area contributed by atoms with Gasteiger partial charge in [-0.05, 0) is 0 Å². The molecule has 1 aromatic heterocycles. The Morgan fingerprint density at radius 1 is 1.64 bits per heavy atom. The summed E-state index contributed by atoms with van der Waals surface area (Å²) in [6.45, 7) is 0.679. The molecule has 0 saturated carbocycles. The number of halogens is 1. The van der Waals surface area contributed by atoms with E-state index in [1.54, 1.807) is 0 Å². The second-order valence-electron chi connectivity index (χ2n) is 2.39. The standard InChI is InChI=1S/C8H9ClO4S/c1-12-2-3-13-6-5(9)4-14-7(6)8(10)11/h4H,2-3H2,1H3,(H,10,11). The fourth-order valence-corrected chi connectivity index (χ4v) is 1.88. The lowest BCUT2D eigenvalue weighted by Gasteiger charge is -2.04. The molecule has 0 aromatic carbocycles. The number of methoxy groups -OCH3 is 1. The third kappa shape index (κ3) is 2.60. The Hall–Kier alpha value is -0.780. The van der Waals surface area contributed by atoms with Gasteiger partial charge in [0.1, 0.15) is 6.61 Å². The summed E-state index contributed by atoms with van der Waals surface area (Å²) in [5, 5.41) is 10.6. The van der Waals surface area contributed by atoms with Crippen molar-refractivity contribution in [1.29, 1.82) is 0 Å². The normalized spacial score (nSPS) is 10.1. The third-order valence-electron chi connectivity index (χ3n) is 1.43. The van der Waals surface area contributed by atoms with E-state index in [1.807, 2.05) is 0 Å². The maximum Gasteiger partial charge on any atom is 0.349 e. The Labute approximate surface area is 90.0 Å². The monoisotopic (exact) mass is 236 g/mol. The minimum absolute atomic E-state index is 0.117. The van der Waals surface area contributed by atoms with Gasteiger partial charge >= 0.3 is 5.97 Å². The number of rotatable bonds is 5. The molecule has 0 aliphatic rings. The van der Waals surface area contributed by atoms with Crippen molar-refractivity contribution in [2.75, 3.05) is 20.3 Å². The van der Waals surface area contributed by atoms with Crippen molar-refractivity contribution in [2.24, 2.45) is 0 Å². The zero-order valence-corrected chi connectivity index (χ0v) is 9.02. The lowest BCUT2D eigenvalue weighted by molar-refractivity contribution is 0.0695. The highest BCUT2D eigenvalue weighted by Crippen LogP contribution is 2.34. The fourth-order valence-electron chi connectivity index (χ4n) is 0.835. The number of carboxylic acid groups (broad SMARTS) is 1. The van der Waals surface area contributed by atoms with Crippen molar-refractivity contribution in [1.82, 2.24) is 0 Å². The van der Waals surface area contributed by atoms with Crippen LogP contribution < -0.4 is 4.74 Å². The van der Waals surface area contributed by atoms with Gasteiger partial charge in [0.05, 0.1) is 11.6 Å². The van der Waals surface area contributed by atoms with Crippen molar-refractivity contribution in [3.63, 3.8) is 0 Å². The molecule has 0 amide bonds. The fraction of sp³-hybridized carbons (Fsp3) is 0.375. The number of ether oxygens (including phenoxy) is 2. The Bertz CT molecular complexity index is 323. The average Bonchev–Trinajstić information content (AvgIpc) is 2.48. The molecular formula is C8H9ClO4S. The quantitative estimate of drug-likeness (QED) is 0.796. The summed E-state index contributed by atoms with van der Waals surface area (Å²) in [5.41, 5.74) is 0. The Morgan fingerprint density at radius 2 is 2.36 bits per heavy atom. The summed E-state index contributed by atoms with van der Waals surface area (Å²) in [5.74, 6) is -0.810. The van der Waals surface area contributed by atoms with Gasteiger partial charge in [0.15, 0.2) is 10.6 Å². The lowest BCUT2D eigenvalue weighted by atomic mass is 10.4. The number of carboxylic acids is 1. The zero-order chi connectivity index (χ0) is 10.6. The van der Waals surface area contributed by atoms with E-state index in [4.69, 9.17) is 26.2 Å². The molecule has 1 heterocycles. The summed E-state index contributed by atoms with van der Waals surface area (Å²) in [7, 11) is 1.54. The first-order chi connectivity index (χ1) is 6.66. The van der Waals surface area contributed by atoms with Gasteiger partial charge < -0.3 is 14.6 Å². The molecule has 0 aliphatic carbocycles. The van der Waals surface area contributed by atoms with Gasteiger partial charge in [-0.1, -0.05) is 11.6 Å². The molecule has 6 heteroatoms. The van der Waals surface area contributed by atoms with Crippen LogP contribution in [0, 0.1) is 0 Å². The van der Waals surface area contributed by atoms with Crippen LogP contribution in [-0.2, 0) is 4.74 Å². The van der Waals surface area contributed by atoms with Crippen LogP contribution >= 0.6 is 22.9 Å². The van der Waals surface area contributed by atoms with Crippen molar-refractivity contribution in [3.8, 4) is 5.75 Å². The molecule has 0 aliphatic heterocycles. The van der Waals surface area contributed by atoms with Crippen LogP contribution in [0.15, 0.2) is 5.38 Å². The molecule has 14 heavy (non-hydrogen) atoms. The highest BCUT2D eigenvalue weighted by atomic mass is 35.5. The predicted octanol–water partition coefficient (Wildman–Crippen LogP) is 2.12. The van der Waals surface area contributed by atoms with Crippen LogP contribution in [0.4, 0.5) is 0 Å². The lowest BCUT2D eigenvalue weighted by Crippen LogP contribution is -2.06. The molecule has 0 spiro atoms. The maximum atomic E-state index is 10.7. The van der Waals surface area contributed by atoms with Gasteiger partial charge in [-0.25, -0.2) is 4.79 Å². The van der Waals surface area contributed by atoms with Crippen LogP contribution in [0.5, 0.6) is 5.75 Å². The van der Waals surface area contributed by atoms with Gasteiger partial charge in [0.25, 0.3) is 0 Å². The second kappa shape index (κ2) is 5.19. The summed E-state index contributed by atoms with van der Waals surface area (Å²) < 4.78 is 9.95. The SMILES string of the molecule is COCCOc1c(Cl)csc1C(=O)O. The summed E-state index contributed by atoms with van der Waals surface area (Å²) in [6, 6.07) is 0. The topological polar surface area (TPSA) is 55.8 Å². The van der Waals surface area contributed by atoms with E-state index in [2.05, 4.69) is 0 Å². The first-order valence-corrected chi connectivity index (χ1v) is 5.04. The Balaban J connectivity index is 2.72. The van der Waals surface area contributed by atoms with E-state index in [1.165, 1.54) is 12.5 Å². The van der Waals surface area contributed by atoms with Gasteiger partial charge in [0, 0.05) is 12.5 Å². The third-order valence-corrected chi connectivity index (χ3v) is 2.79. The highest BCUT2D eigenvalue weighted by Gasteiger charge is 2.17. The molecule has 1 aromatic rings. The van der Waals surface area contributed by atoms with Crippen LogP contribution in [0.2, 0.25) is 5.02 Å².